The highest BCUT2D eigenvalue weighted by atomic mass is 35.5. The Bertz CT molecular complexity index is 481. The lowest BCUT2D eigenvalue weighted by atomic mass is 10.1. The molecule has 2 rings (SSSR count). The number of rotatable bonds is 3. The standard InChI is InChI=1S/C12H11ClO2S/c13-12-5-4-11(16-12)10(15)7-8-2-1-3-9(14)6-8/h1-6,10,14-15H,7H2. The van der Waals surface area contributed by atoms with E-state index in [1.165, 1.54) is 11.3 Å². The number of hydrogen-bond acceptors (Lipinski definition) is 3. The number of hydrogen-bond donors (Lipinski definition) is 2. The Labute approximate surface area is 103 Å². The molecule has 0 amide bonds. The second kappa shape index (κ2) is 4.87. The van der Waals surface area contributed by atoms with Crippen LogP contribution < -0.4 is 0 Å². The van der Waals surface area contributed by atoms with Gasteiger partial charge in [0.2, 0.25) is 0 Å². The van der Waals surface area contributed by atoms with Crippen molar-refractivity contribution >= 4 is 22.9 Å². The van der Waals surface area contributed by atoms with Crippen molar-refractivity contribution in [2.45, 2.75) is 12.5 Å². The molecule has 84 valence electrons. The highest BCUT2D eigenvalue weighted by molar-refractivity contribution is 7.16. The molecule has 1 aromatic carbocycles. The molecule has 2 N–H and O–H groups in total. The summed E-state index contributed by atoms with van der Waals surface area (Å²) in [5.41, 5.74) is 0.900. The molecule has 2 nitrogen and oxygen atoms in total. The van der Waals surface area contributed by atoms with Crippen LogP contribution in [0.2, 0.25) is 4.34 Å². The summed E-state index contributed by atoms with van der Waals surface area (Å²) in [5, 5.41) is 19.2. The molecule has 0 fully saturated rings. The van der Waals surface area contributed by atoms with Gasteiger partial charge in [0.25, 0.3) is 0 Å². The zero-order chi connectivity index (χ0) is 11.5. The van der Waals surface area contributed by atoms with E-state index in [1.54, 1.807) is 24.3 Å². The van der Waals surface area contributed by atoms with Gasteiger partial charge < -0.3 is 10.2 Å². The minimum Gasteiger partial charge on any atom is -0.508 e. The molecule has 1 unspecified atom stereocenters. The van der Waals surface area contributed by atoms with E-state index in [2.05, 4.69) is 0 Å². The van der Waals surface area contributed by atoms with Crippen LogP contribution in [0.4, 0.5) is 0 Å². The Kier molecular flexibility index (Phi) is 3.49. The maximum absolute atomic E-state index is 9.95. The lowest BCUT2D eigenvalue weighted by Crippen LogP contribution is -1.99. The van der Waals surface area contributed by atoms with Crippen molar-refractivity contribution in [2.24, 2.45) is 0 Å². The van der Waals surface area contributed by atoms with Crippen molar-refractivity contribution in [3.05, 3.63) is 51.2 Å². The number of halogens is 1. The van der Waals surface area contributed by atoms with Crippen molar-refractivity contribution in [3.63, 3.8) is 0 Å². The molecule has 0 saturated carbocycles. The molecule has 0 radical (unpaired) electrons. The van der Waals surface area contributed by atoms with Crippen molar-refractivity contribution in [3.8, 4) is 5.75 Å². The van der Waals surface area contributed by atoms with E-state index in [0.717, 1.165) is 10.4 Å². The minimum atomic E-state index is -0.570. The van der Waals surface area contributed by atoms with Crippen molar-refractivity contribution in [1.29, 1.82) is 0 Å². The fourth-order valence-corrected chi connectivity index (χ4v) is 2.56. The lowest BCUT2D eigenvalue weighted by molar-refractivity contribution is 0.182. The predicted octanol–water partition coefficient (Wildman–Crippen LogP) is 3.38. The van der Waals surface area contributed by atoms with E-state index in [0.29, 0.717) is 10.8 Å². The van der Waals surface area contributed by atoms with Gasteiger partial charge in [-0.05, 0) is 29.8 Å². The van der Waals surface area contributed by atoms with Crippen molar-refractivity contribution in [1.82, 2.24) is 0 Å². The van der Waals surface area contributed by atoms with E-state index in [1.807, 2.05) is 12.1 Å². The van der Waals surface area contributed by atoms with E-state index < -0.39 is 6.10 Å². The van der Waals surface area contributed by atoms with E-state index in [-0.39, 0.29) is 5.75 Å². The number of aromatic hydroxyl groups is 1. The quantitative estimate of drug-likeness (QED) is 0.882. The zero-order valence-electron chi connectivity index (χ0n) is 8.43. The van der Waals surface area contributed by atoms with E-state index in [9.17, 15) is 10.2 Å². The molecule has 2 aromatic rings. The Hall–Kier alpha value is -1.03. The number of thiophene rings is 1. The molecular formula is C12H11ClO2S. The van der Waals surface area contributed by atoms with Gasteiger partial charge in [-0.25, -0.2) is 0 Å². The van der Waals surface area contributed by atoms with E-state index >= 15 is 0 Å². The molecule has 0 aliphatic carbocycles. The number of aliphatic hydroxyl groups is 1. The van der Waals surface area contributed by atoms with Gasteiger partial charge in [-0.3, -0.25) is 0 Å². The molecule has 0 bridgehead atoms. The average Bonchev–Trinajstić information content (AvgIpc) is 2.65. The van der Waals surface area contributed by atoms with Crippen LogP contribution >= 0.6 is 22.9 Å². The third kappa shape index (κ3) is 2.76. The molecule has 0 aliphatic rings. The lowest BCUT2D eigenvalue weighted by Gasteiger charge is -2.08. The summed E-state index contributed by atoms with van der Waals surface area (Å²) >= 11 is 7.17. The monoisotopic (exact) mass is 254 g/mol. The summed E-state index contributed by atoms with van der Waals surface area (Å²) in [4.78, 5) is 0.841. The average molecular weight is 255 g/mol. The van der Waals surface area contributed by atoms with Crippen LogP contribution in [0, 0.1) is 0 Å². The first-order valence-electron chi connectivity index (χ1n) is 4.86. The largest absolute Gasteiger partial charge is 0.508 e. The topological polar surface area (TPSA) is 40.5 Å². The SMILES string of the molecule is Oc1cccc(CC(O)c2ccc(Cl)s2)c1. The molecule has 4 heteroatoms. The zero-order valence-corrected chi connectivity index (χ0v) is 10.0. The smallest absolute Gasteiger partial charge is 0.115 e. The molecule has 0 aliphatic heterocycles. The molecule has 1 atom stereocenters. The molecule has 1 aromatic heterocycles. The van der Waals surface area contributed by atoms with Crippen LogP contribution in [0.5, 0.6) is 5.75 Å². The van der Waals surface area contributed by atoms with Gasteiger partial charge in [0.05, 0.1) is 10.4 Å². The van der Waals surface area contributed by atoms with Crippen LogP contribution in [0.1, 0.15) is 16.5 Å². The van der Waals surface area contributed by atoms with Crippen molar-refractivity contribution < 1.29 is 10.2 Å². The van der Waals surface area contributed by atoms with Gasteiger partial charge >= 0.3 is 0 Å². The Morgan fingerprint density at radius 2 is 2.06 bits per heavy atom. The first kappa shape index (κ1) is 11.5. The maximum atomic E-state index is 9.95. The molecule has 0 saturated heterocycles. The Morgan fingerprint density at radius 3 is 2.69 bits per heavy atom. The molecule has 1 heterocycles. The fraction of sp³-hybridized carbons (Fsp3) is 0.167. The van der Waals surface area contributed by atoms with Gasteiger partial charge in [-0.15, -0.1) is 11.3 Å². The van der Waals surface area contributed by atoms with Crippen molar-refractivity contribution in [2.75, 3.05) is 0 Å². The summed E-state index contributed by atoms with van der Waals surface area (Å²) in [7, 11) is 0. The second-order valence-electron chi connectivity index (χ2n) is 3.53. The number of phenolic OH excluding ortho intramolecular Hbond substituents is 1. The van der Waals surface area contributed by atoms with Crippen LogP contribution in [-0.2, 0) is 6.42 Å². The highest BCUT2D eigenvalue weighted by Gasteiger charge is 2.11. The van der Waals surface area contributed by atoms with Gasteiger partial charge in [-0.2, -0.15) is 0 Å². The van der Waals surface area contributed by atoms with Gasteiger partial charge in [-0.1, -0.05) is 23.7 Å². The van der Waals surface area contributed by atoms with Crippen LogP contribution in [0.25, 0.3) is 0 Å². The van der Waals surface area contributed by atoms with Crippen LogP contribution in [-0.4, -0.2) is 10.2 Å². The number of phenols is 1. The highest BCUT2D eigenvalue weighted by Crippen LogP contribution is 2.29. The normalized spacial score (nSPS) is 12.6. The minimum absolute atomic E-state index is 0.217. The van der Waals surface area contributed by atoms with Gasteiger partial charge in [0, 0.05) is 11.3 Å². The summed E-state index contributed by atoms with van der Waals surface area (Å²) in [6, 6.07) is 10.5. The van der Waals surface area contributed by atoms with Crippen LogP contribution in [0.3, 0.4) is 0 Å². The van der Waals surface area contributed by atoms with Crippen LogP contribution in [0.15, 0.2) is 36.4 Å². The maximum Gasteiger partial charge on any atom is 0.115 e. The first-order valence-corrected chi connectivity index (χ1v) is 6.06. The third-order valence-corrected chi connectivity index (χ3v) is 3.59. The van der Waals surface area contributed by atoms with Gasteiger partial charge in [0.15, 0.2) is 0 Å². The summed E-state index contributed by atoms with van der Waals surface area (Å²) in [6.45, 7) is 0. The third-order valence-electron chi connectivity index (χ3n) is 2.26. The number of aliphatic hydroxyl groups excluding tert-OH is 1. The predicted molar refractivity (Wildman–Crippen MR) is 66.1 cm³/mol. The molecule has 0 spiro atoms. The fourth-order valence-electron chi connectivity index (χ4n) is 1.51. The molecular weight excluding hydrogens is 244 g/mol. The number of benzene rings is 1. The summed E-state index contributed by atoms with van der Waals surface area (Å²) in [5.74, 6) is 0.217. The van der Waals surface area contributed by atoms with Gasteiger partial charge in [0.1, 0.15) is 5.75 Å². The Balaban J connectivity index is 2.10. The summed E-state index contributed by atoms with van der Waals surface area (Å²) < 4.78 is 0.671. The second-order valence-corrected chi connectivity index (χ2v) is 5.28. The first-order chi connectivity index (χ1) is 7.65. The Morgan fingerprint density at radius 1 is 1.25 bits per heavy atom. The molecule has 16 heavy (non-hydrogen) atoms. The summed E-state index contributed by atoms with van der Waals surface area (Å²) in [6.07, 6.45) is -0.0927. The van der Waals surface area contributed by atoms with E-state index in [4.69, 9.17) is 11.6 Å².